The van der Waals surface area contributed by atoms with Crippen LogP contribution in [0.15, 0.2) is 36.5 Å². The van der Waals surface area contributed by atoms with Gasteiger partial charge in [0.05, 0.1) is 18.7 Å². The summed E-state index contributed by atoms with van der Waals surface area (Å²) in [5, 5.41) is 3.93. The van der Waals surface area contributed by atoms with Crippen molar-refractivity contribution in [3.63, 3.8) is 0 Å². The molecule has 7 nitrogen and oxygen atoms in total. The Morgan fingerprint density at radius 3 is 2.96 bits per heavy atom. The third-order valence-electron chi connectivity index (χ3n) is 4.16. The fourth-order valence-corrected chi connectivity index (χ4v) is 2.77. The van der Waals surface area contributed by atoms with Gasteiger partial charge in [-0.3, -0.25) is 9.78 Å². The fourth-order valence-electron chi connectivity index (χ4n) is 2.77. The van der Waals surface area contributed by atoms with Crippen molar-refractivity contribution in [2.75, 3.05) is 33.8 Å². The highest BCUT2D eigenvalue weighted by molar-refractivity contribution is 5.82. The van der Waals surface area contributed by atoms with Crippen molar-refractivity contribution in [3.05, 3.63) is 42.1 Å². The summed E-state index contributed by atoms with van der Waals surface area (Å²) in [6.45, 7) is 1.48. The molecule has 1 aromatic heterocycles. The van der Waals surface area contributed by atoms with Gasteiger partial charge in [-0.1, -0.05) is 18.2 Å². The van der Waals surface area contributed by atoms with Crippen LogP contribution in [0.2, 0.25) is 0 Å². The number of ether oxygens (including phenoxy) is 1. The van der Waals surface area contributed by atoms with E-state index in [0.29, 0.717) is 19.7 Å². The number of rotatable bonds is 3. The Hall–Kier alpha value is -2.67. The van der Waals surface area contributed by atoms with E-state index in [1.54, 1.807) is 25.2 Å². The van der Waals surface area contributed by atoms with Gasteiger partial charge in [0.1, 0.15) is 0 Å². The second kappa shape index (κ2) is 7.48. The van der Waals surface area contributed by atoms with Crippen molar-refractivity contribution < 1.29 is 14.3 Å². The fraction of sp³-hybridized carbons (Fsp3) is 0.389. The van der Waals surface area contributed by atoms with Gasteiger partial charge in [-0.2, -0.15) is 0 Å². The summed E-state index contributed by atoms with van der Waals surface area (Å²) >= 11 is 0. The molecule has 0 spiro atoms. The molecule has 132 valence electrons. The number of benzene rings is 1. The number of hydrogen-bond donors (Lipinski definition) is 1. The molecule has 1 atom stereocenters. The van der Waals surface area contributed by atoms with E-state index < -0.39 is 6.10 Å². The van der Waals surface area contributed by atoms with Gasteiger partial charge in [-0.25, -0.2) is 4.79 Å². The van der Waals surface area contributed by atoms with Crippen LogP contribution in [0.25, 0.3) is 10.9 Å². The number of nitrogens with zero attached hydrogens (tertiary/aromatic N) is 3. The molecule has 1 aromatic carbocycles. The number of likely N-dealkylation sites (N-methyl/N-ethyl adjacent to an activating group) is 1. The Morgan fingerprint density at radius 1 is 1.36 bits per heavy atom. The van der Waals surface area contributed by atoms with Gasteiger partial charge in [0, 0.05) is 38.8 Å². The molecule has 2 heterocycles. The van der Waals surface area contributed by atoms with Crippen LogP contribution >= 0.6 is 0 Å². The van der Waals surface area contributed by atoms with E-state index in [1.807, 2.05) is 30.3 Å². The summed E-state index contributed by atoms with van der Waals surface area (Å²) in [4.78, 5) is 31.9. The number of pyridine rings is 1. The van der Waals surface area contributed by atoms with E-state index >= 15 is 0 Å². The maximum atomic E-state index is 12.4. The second-order valence-electron chi connectivity index (χ2n) is 6.23. The molecule has 0 bridgehead atoms. The Balaban J connectivity index is 1.58. The molecular weight excluding hydrogens is 320 g/mol. The van der Waals surface area contributed by atoms with Crippen molar-refractivity contribution in [2.45, 2.75) is 12.6 Å². The van der Waals surface area contributed by atoms with E-state index in [0.717, 1.165) is 16.5 Å². The van der Waals surface area contributed by atoms with E-state index in [9.17, 15) is 9.59 Å². The van der Waals surface area contributed by atoms with Gasteiger partial charge >= 0.3 is 6.03 Å². The molecule has 7 heteroatoms. The van der Waals surface area contributed by atoms with Crippen molar-refractivity contribution in [2.24, 2.45) is 0 Å². The standard InChI is InChI=1S/C18H22N4O3/c1-21(2)17(23)16-12-22(7-8-25-16)18(24)20-11-13-9-14-5-3-4-6-15(14)19-10-13/h3-6,9-10,16H,7-8,11-12H2,1-2H3,(H,20,24)/t16-/m0/s1. The number of morpholine rings is 1. The largest absolute Gasteiger partial charge is 0.365 e. The second-order valence-corrected chi connectivity index (χ2v) is 6.23. The van der Waals surface area contributed by atoms with Crippen molar-refractivity contribution in [1.82, 2.24) is 20.1 Å². The van der Waals surface area contributed by atoms with Crippen LogP contribution in [0, 0.1) is 0 Å². The van der Waals surface area contributed by atoms with Gasteiger partial charge in [0.25, 0.3) is 5.91 Å². The summed E-state index contributed by atoms with van der Waals surface area (Å²) in [6, 6.07) is 9.66. The average Bonchev–Trinajstić information content (AvgIpc) is 2.65. The highest BCUT2D eigenvalue weighted by Gasteiger charge is 2.30. The lowest BCUT2D eigenvalue weighted by molar-refractivity contribution is -0.145. The molecule has 0 aliphatic carbocycles. The molecule has 0 saturated carbocycles. The highest BCUT2D eigenvalue weighted by Crippen LogP contribution is 2.13. The summed E-state index contributed by atoms with van der Waals surface area (Å²) in [7, 11) is 3.36. The summed E-state index contributed by atoms with van der Waals surface area (Å²) in [5.74, 6) is -0.128. The molecule has 25 heavy (non-hydrogen) atoms. The minimum Gasteiger partial charge on any atom is -0.365 e. The highest BCUT2D eigenvalue weighted by atomic mass is 16.5. The number of carbonyl (C=O) groups excluding carboxylic acids is 2. The lowest BCUT2D eigenvalue weighted by Gasteiger charge is -2.33. The zero-order valence-electron chi connectivity index (χ0n) is 14.4. The monoisotopic (exact) mass is 342 g/mol. The average molecular weight is 342 g/mol. The minimum absolute atomic E-state index is 0.128. The zero-order valence-corrected chi connectivity index (χ0v) is 14.4. The molecule has 1 saturated heterocycles. The predicted octanol–water partition coefficient (Wildman–Crippen LogP) is 1.23. The smallest absolute Gasteiger partial charge is 0.317 e. The summed E-state index contributed by atoms with van der Waals surface area (Å²) in [5.41, 5.74) is 1.86. The lowest BCUT2D eigenvalue weighted by atomic mass is 10.1. The Kier molecular flexibility index (Phi) is 5.14. The van der Waals surface area contributed by atoms with E-state index in [4.69, 9.17) is 4.74 Å². The van der Waals surface area contributed by atoms with Crippen molar-refractivity contribution in [1.29, 1.82) is 0 Å². The van der Waals surface area contributed by atoms with Crippen LogP contribution in [0.4, 0.5) is 4.79 Å². The molecule has 3 rings (SSSR count). The number of nitrogens with one attached hydrogen (secondary N) is 1. The van der Waals surface area contributed by atoms with Gasteiger partial charge in [-0.15, -0.1) is 0 Å². The Bertz CT molecular complexity index is 778. The van der Waals surface area contributed by atoms with Crippen LogP contribution in [0.5, 0.6) is 0 Å². The molecule has 1 aliphatic rings. The van der Waals surface area contributed by atoms with Gasteiger partial charge in [0.2, 0.25) is 0 Å². The molecular formula is C18H22N4O3. The number of carbonyl (C=O) groups is 2. The maximum absolute atomic E-state index is 12.4. The first-order valence-electron chi connectivity index (χ1n) is 8.24. The first-order chi connectivity index (χ1) is 12.0. The van der Waals surface area contributed by atoms with Gasteiger partial charge in [0.15, 0.2) is 6.10 Å². The molecule has 1 fully saturated rings. The predicted molar refractivity (Wildman–Crippen MR) is 94.0 cm³/mol. The molecule has 1 aliphatic heterocycles. The van der Waals surface area contributed by atoms with E-state index in [2.05, 4.69) is 10.3 Å². The van der Waals surface area contributed by atoms with Crippen LogP contribution < -0.4 is 5.32 Å². The zero-order chi connectivity index (χ0) is 17.8. The minimum atomic E-state index is -0.600. The lowest BCUT2D eigenvalue weighted by Crippen LogP contribution is -2.53. The number of amides is 3. The maximum Gasteiger partial charge on any atom is 0.317 e. The van der Waals surface area contributed by atoms with Crippen LogP contribution in [0.1, 0.15) is 5.56 Å². The van der Waals surface area contributed by atoms with Gasteiger partial charge in [-0.05, 0) is 17.7 Å². The molecule has 0 unspecified atom stereocenters. The first-order valence-corrected chi connectivity index (χ1v) is 8.24. The number of urea groups is 1. The van der Waals surface area contributed by atoms with Crippen LogP contribution in [-0.4, -0.2) is 66.6 Å². The third kappa shape index (κ3) is 4.06. The van der Waals surface area contributed by atoms with E-state index in [-0.39, 0.29) is 18.5 Å². The Labute approximate surface area is 146 Å². The number of aromatic nitrogens is 1. The van der Waals surface area contributed by atoms with E-state index in [1.165, 1.54) is 4.90 Å². The number of para-hydroxylation sites is 1. The number of hydrogen-bond acceptors (Lipinski definition) is 4. The quantitative estimate of drug-likeness (QED) is 0.910. The third-order valence-corrected chi connectivity index (χ3v) is 4.16. The summed E-state index contributed by atoms with van der Waals surface area (Å²) in [6.07, 6.45) is 1.16. The molecule has 1 N–H and O–H groups in total. The topological polar surface area (TPSA) is 74.8 Å². The molecule has 2 aromatic rings. The van der Waals surface area contributed by atoms with Crippen LogP contribution in [-0.2, 0) is 16.1 Å². The van der Waals surface area contributed by atoms with Gasteiger partial charge < -0.3 is 19.9 Å². The molecule has 0 radical (unpaired) electrons. The van der Waals surface area contributed by atoms with Crippen molar-refractivity contribution >= 4 is 22.8 Å². The number of fused-ring (bicyclic) bond motifs is 1. The first kappa shape index (κ1) is 17.2. The SMILES string of the molecule is CN(C)C(=O)[C@@H]1CN(C(=O)NCc2cnc3ccccc3c2)CCO1. The molecule has 3 amide bonds. The normalized spacial score (nSPS) is 17.4. The Morgan fingerprint density at radius 2 is 2.16 bits per heavy atom. The van der Waals surface area contributed by atoms with Crippen molar-refractivity contribution in [3.8, 4) is 0 Å². The summed E-state index contributed by atoms with van der Waals surface area (Å²) < 4.78 is 5.47. The van der Waals surface area contributed by atoms with Crippen LogP contribution in [0.3, 0.4) is 0 Å².